The number of carbonyl (C=O) groups excluding carboxylic acids is 1. The molecule has 0 aliphatic carbocycles. The lowest BCUT2D eigenvalue weighted by atomic mass is 9.86. The second-order valence-electron chi connectivity index (χ2n) is 15.1. The number of carbonyl (C=O) groups is 1. The molecule has 240 valence electrons. The van der Waals surface area contributed by atoms with E-state index in [0.29, 0.717) is 42.7 Å². The van der Waals surface area contributed by atoms with Crippen LogP contribution in [-0.2, 0) is 9.53 Å². The monoisotopic (exact) mass is 579 g/mol. The number of likely N-dealkylation sites (tertiary alicyclic amines) is 2. The largest absolute Gasteiger partial charge is 0.464 e. The van der Waals surface area contributed by atoms with E-state index in [2.05, 4.69) is 106 Å². The molecule has 0 spiro atoms. The van der Waals surface area contributed by atoms with Crippen molar-refractivity contribution in [1.29, 1.82) is 0 Å². The average Bonchev–Trinajstić information content (AvgIpc) is 3.42. The second-order valence-corrected chi connectivity index (χ2v) is 15.1. The Labute approximate surface area is 253 Å². The third-order valence-corrected chi connectivity index (χ3v) is 10.7. The van der Waals surface area contributed by atoms with Gasteiger partial charge in [-0.05, 0) is 115 Å². The Morgan fingerprint density at radius 1 is 0.829 bits per heavy atom. The Morgan fingerprint density at radius 3 is 2.02 bits per heavy atom. The van der Waals surface area contributed by atoms with Gasteiger partial charge < -0.3 is 19.4 Å². The van der Waals surface area contributed by atoms with Crippen LogP contribution in [0.5, 0.6) is 0 Å². The molecular formula is C33H66N6O2. The molecule has 0 N–H and O–H groups in total. The Bertz CT molecular complexity index is 805. The summed E-state index contributed by atoms with van der Waals surface area (Å²) in [5.41, 5.74) is -0.492. The van der Waals surface area contributed by atoms with Gasteiger partial charge in [0.1, 0.15) is 6.61 Å². The molecule has 8 nitrogen and oxygen atoms in total. The van der Waals surface area contributed by atoms with Gasteiger partial charge in [-0.15, -0.1) is 0 Å². The summed E-state index contributed by atoms with van der Waals surface area (Å²) in [5, 5.41) is 0. The Hall–Kier alpha value is -0.770. The SMILES string of the molecule is CC(C)N1CCC(N(C)CCC(C)(C)C(=O)OCC2CN(C(C)C)CCN2C)C(CN(C)[C@H]2CCN(C(C)C)C2)C1. The summed E-state index contributed by atoms with van der Waals surface area (Å²) in [5.74, 6) is 0.554. The minimum Gasteiger partial charge on any atom is -0.464 e. The van der Waals surface area contributed by atoms with Gasteiger partial charge in [0.05, 0.1) is 11.5 Å². The van der Waals surface area contributed by atoms with Crippen LogP contribution < -0.4 is 0 Å². The van der Waals surface area contributed by atoms with Gasteiger partial charge in [0.2, 0.25) is 0 Å². The summed E-state index contributed by atoms with van der Waals surface area (Å²) in [6, 6.07) is 3.21. The van der Waals surface area contributed by atoms with Crippen molar-refractivity contribution in [3.8, 4) is 0 Å². The molecular weight excluding hydrogens is 512 g/mol. The Morgan fingerprint density at radius 2 is 1.41 bits per heavy atom. The summed E-state index contributed by atoms with van der Waals surface area (Å²) in [4.78, 5) is 28.6. The van der Waals surface area contributed by atoms with Crippen LogP contribution in [0.1, 0.15) is 74.7 Å². The van der Waals surface area contributed by atoms with Gasteiger partial charge >= 0.3 is 5.97 Å². The van der Waals surface area contributed by atoms with Gasteiger partial charge in [-0.1, -0.05) is 0 Å². The van der Waals surface area contributed by atoms with Crippen molar-refractivity contribution in [2.45, 2.75) is 111 Å². The first-order chi connectivity index (χ1) is 19.2. The molecule has 0 aromatic rings. The van der Waals surface area contributed by atoms with E-state index in [4.69, 9.17) is 4.74 Å². The highest BCUT2D eigenvalue weighted by molar-refractivity contribution is 5.75. The lowest BCUT2D eigenvalue weighted by Crippen LogP contribution is -2.56. The van der Waals surface area contributed by atoms with Crippen molar-refractivity contribution in [2.75, 3.05) is 86.7 Å². The number of nitrogens with zero attached hydrogens (tertiary/aromatic N) is 6. The molecule has 3 aliphatic heterocycles. The van der Waals surface area contributed by atoms with Crippen molar-refractivity contribution in [1.82, 2.24) is 29.4 Å². The summed E-state index contributed by atoms with van der Waals surface area (Å²) >= 11 is 0. The third-order valence-electron chi connectivity index (χ3n) is 10.7. The van der Waals surface area contributed by atoms with Crippen molar-refractivity contribution in [2.24, 2.45) is 11.3 Å². The molecule has 3 unspecified atom stereocenters. The number of piperazine rings is 1. The molecule has 3 heterocycles. The minimum absolute atomic E-state index is 0.0529. The Kier molecular flexibility index (Phi) is 12.9. The molecule has 8 heteroatoms. The summed E-state index contributed by atoms with van der Waals surface area (Å²) in [6.07, 6.45) is 3.29. The van der Waals surface area contributed by atoms with Gasteiger partial charge in [-0.2, -0.15) is 0 Å². The molecule has 3 fully saturated rings. The van der Waals surface area contributed by atoms with E-state index in [1.165, 1.54) is 25.9 Å². The molecule has 3 saturated heterocycles. The number of likely N-dealkylation sites (N-methyl/N-ethyl adjacent to an activating group) is 2. The highest BCUT2D eigenvalue weighted by Crippen LogP contribution is 2.29. The van der Waals surface area contributed by atoms with Crippen LogP contribution in [0.25, 0.3) is 0 Å². The lowest BCUT2D eigenvalue weighted by Gasteiger charge is -2.46. The fraction of sp³-hybridized carbons (Fsp3) is 0.970. The summed E-state index contributed by atoms with van der Waals surface area (Å²) in [7, 11) is 6.79. The van der Waals surface area contributed by atoms with Crippen LogP contribution in [0.3, 0.4) is 0 Å². The van der Waals surface area contributed by atoms with Crippen molar-refractivity contribution >= 4 is 5.97 Å². The van der Waals surface area contributed by atoms with Gasteiger partial charge in [-0.25, -0.2) is 0 Å². The molecule has 3 rings (SSSR count). The number of hydrogen-bond acceptors (Lipinski definition) is 8. The molecule has 3 aliphatic rings. The van der Waals surface area contributed by atoms with Gasteiger partial charge in [0.25, 0.3) is 0 Å². The van der Waals surface area contributed by atoms with Gasteiger partial charge in [0, 0.05) is 76.0 Å². The van der Waals surface area contributed by atoms with Gasteiger partial charge in [-0.3, -0.25) is 19.5 Å². The predicted molar refractivity (Wildman–Crippen MR) is 171 cm³/mol. The standard InChI is InChI=1S/C33H66N6O2/c1-25(2)37-16-13-31(28(21-37)20-36(11)29-12-15-38(22-29)26(3)4)35(10)17-14-33(7,8)32(40)41-24-30-23-39(27(5)6)19-18-34(30)9/h25-31H,12-24H2,1-11H3/t28?,29-,30?,31?/m0/s1. The first-order valence-corrected chi connectivity index (χ1v) is 16.7. The number of piperidine rings is 1. The molecule has 0 aromatic carbocycles. The average molecular weight is 579 g/mol. The Balaban J connectivity index is 1.54. The van der Waals surface area contributed by atoms with E-state index < -0.39 is 5.41 Å². The van der Waals surface area contributed by atoms with Crippen LogP contribution in [0.4, 0.5) is 0 Å². The molecule has 4 atom stereocenters. The molecule has 0 bridgehead atoms. The van der Waals surface area contributed by atoms with Crippen LogP contribution >= 0.6 is 0 Å². The van der Waals surface area contributed by atoms with Crippen molar-refractivity contribution in [3.63, 3.8) is 0 Å². The molecule has 0 radical (unpaired) electrons. The normalized spacial score (nSPS) is 28.2. The van der Waals surface area contributed by atoms with E-state index >= 15 is 0 Å². The maximum Gasteiger partial charge on any atom is 0.311 e. The van der Waals surface area contributed by atoms with E-state index in [0.717, 1.165) is 52.2 Å². The van der Waals surface area contributed by atoms with E-state index in [1.807, 2.05) is 0 Å². The van der Waals surface area contributed by atoms with Crippen LogP contribution in [0.15, 0.2) is 0 Å². The summed E-state index contributed by atoms with van der Waals surface area (Å²) < 4.78 is 5.98. The maximum atomic E-state index is 13.3. The molecule has 0 aromatic heterocycles. The number of rotatable bonds is 13. The topological polar surface area (TPSA) is 45.7 Å². The number of hydrogen-bond donors (Lipinski definition) is 0. The smallest absolute Gasteiger partial charge is 0.311 e. The fourth-order valence-electron chi connectivity index (χ4n) is 7.10. The quantitative estimate of drug-likeness (QED) is 0.308. The molecule has 0 saturated carbocycles. The highest BCUT2D eigenvalue weighted by Gasteiger charge is 2.38. The van der Waals surface area contributed by atoms with Crippen molar-refractivity contribution in [3.05, 3.63) is 0 Å². The lowest BCUT2D eigenvalue weighted by molar-refractivity contribution is -0.157. The van der Waals surface area contributed by atoms with E-state index in [9.17, 15) is 4.79 Å². The maximum absolute atomic E-state index is 13.3. The van der Waals surface area contributed by atoms with Crippen LogP contribution in [0, 0.1) is 11.3 Å². The second kappa shape index (κ2) is 15.3. The third kappa shape index (κ3) is 9.61. The first-order valence-electron chi connectivity index (χ1n) is 16.7. The zero-order valence-electron chi connectivity index (χ0n) is 28.7. The van der Waals surface area contributed by atoms with E-state index in [1.54, 1.807) is 0 Å². The van der Waals surface area contributed by atoms with Crippen LogP contribution in [0.2, 0.25) is 0 Å². The highest BCUT2D eigenvalue weighted by atomic mass is 16.5. The first kappa shape index (κ1) is 34.7. The van der Waals surface area contributed by atoms with E-state index in [-0.39, 0.29) is 12.0 Å². The zero-order chi connectivity index (χ0) is 30.5. The predicted octanol–water partition coefficient (Wildman–Crippen LogP) is 3.42. The minimum atomic E-state index is -0.492. The fourth-order valence-corrected chi connectivity index (χ4v) is 7.10. The molecule has 0 amide bonds. The summed E-state index contributed by atoms with van der Waals surface area (Å²) in [6.45, 7) is 28.3. The van der Waals surface area contributed by atoms with Crippen molar-refractivity contribution < 1.29 is 9.53 Å². The number of ether oxygens (including phenoxy) is 1. The number of esters is 1. The zero-order valence-corrected chi connectivity index (χ0v) is 28.7. The molecule has 41 heavy (non-hydrogen) atoms. The van der Waals surface area contributed by atoms with Crippen LogP contribution in [-0.4, -0.2) is 158 Å². The van der Waals surface area contributed by atoms with Gasteiger partial charge in [0.15, 0.2) is 0 Å².